The molecule has 1 saturated heterocycles. The van der Waals surface area contributed by atoms with E-state index in [2.05, 4.69) is 4.90 Å². The van der Waals surface area contributed by atoms with E-state index in [0.29, 0.717) is 5.69 Å². The van der Waals surface area contributed by atoms with Crippen LogP contribution in [0.3, 0.4) is 0 Å². The molecule has 1 aliphatic heterocycles. The first-order valence-corrected chi connectivity index (χ1v) is 6.45. The molecule has 0 spiro atoms. The van der Waals surface area contributed by atoms with Gasteiger partial charge in [-0.15, -0.1) is 0 Å². The van der Waals surface area contributed by atoms with Crippen molar-refractivity contribution in [2.24, 2.45) is 5.73 Å². The van der Waals surface area contributed by atoms with Crippen molar-refractivity contribution in [3.63, 3.8) is 0 Å². The van der Waals surface area contributed by atoms with Gasteiger partial charge in [-0.05, 0) is 31.4 Å². The molecule has 18 heavy (non-hydrogen) atoms. The van der Waals surface area contributed by atoms with Gasteiger partial charge in [0.05, 0.1) is 11.8 Å². The van der Waals surface area contributed by atoms with Crippen molar-refractivity contribution in [3.8, 4) is 0 Å². The summed E-state index contributed by atoms with van der Waals surface area (Å²) in [5, 5.41) is 0. The number of methoxy groups -OCH3 is 1. The molecule has 0 radical (unpaired) electrons. The molecule has 2 N–H and O–H groups in total. The SMILES string of the molecule is COC1CCCN(c2c(F)cccc2[C@@H](C)N)C1. The molecular weight excluding hydrogens is 231 g/mol. The van der Waals surface area contributed by atoms with Crippen molar-refractivity contribution in [1.29, 1.82) is 0 Å². The Morgan fingerprint density at radius 3 is 2.94 bits per heavy atom. The molecule has 1 unspecified atom stereocenters. The number of benzene rings is 1. The van der Waals surface area contributed by atoms with Gasteiger partial charge in [-0.2, -0.15) is 0 Å². The lowest BCUT2D eigenvalue weighted by molar-refractivity contribution is 0.0891. The number of anilines is 1. The Balaban J connectivity index is 2.31. The molecule has 2 atom stereocenters. The average Bonchev–Trinajstić information content (AvgIpc) is 2.38. The van der Waals surface area contributed by atoms with Crippen LogP contribution in [0.25, 0.3) is 0 Å². The number of nitrogens with two attached hydrogens (primary N) is 1. The molecule has 1 heterocycles. The zero-order chi connectivity index (χ0) is 13.1. The van der Waals surface area contributed by atoms with Crippen LogP contribution in [0, 0.1) is 5.82 Å². The summed E-state index contributed by atoms with van der Waals surface area (Å²) < 4.78 is 19.5. The molecule has 1 aromatic carbocycles. The zero-order valence-electron chi connectivity index (χ0n) is 11.0. The number of hydrogen-bond acceptors (Lipinski definition) is 3. The lowest BCUT2D eigenvalue weighted by atomic mass is 10.0. The van der Waals surface area contributed by atoms with E-state index in [-0.39, 0.29) is 18.0 Å². The number of hydrogen-bond donors (Lipinski definition) is 1. The third-order valence-electron chi connectivity index (χ3n) is 3.54. The number of piperidine rings is 1. The van der Waals surface area contributed by atoms with Gasteiger partial charge in [0.25, 0.3) is 0 Å². The highest BCUT2D eigenvalue weighted by atomic mass is 19.1. The van der Waals surface area contributed by atoms with E-state index in [0.717, 1.165) is 31.5 Å². The van der Waals surface area contributed by atoms with Gasteiger partial charge in [-0.3, -0.25) is 0 Å². The molecule has 1 aliphatic rings. The van der Waals surface area contributed by atoms with Crippen LogP contribution in [-0.2, 0) is 4.74 Å². The Bertz CT molecular complexity index is 409. The molecule has 4 heteroatoms. The minimum absolute atomic E-state index is 0.168. The third kappa shape index (κ3) is 2.65. The van der Waals surface area contributed by atoms with Crippen LogP contribution in [-0.4, -0.2) is 26.3 Å². The largest absolute Gasteiger partial charge is 0.380 e. The van der Waals surface area contributed by atoms with Crippen LogP contribution in [0.15, 0.2) is 18.2 Å². The molecule has 0 bridgehead atoms. The van der Waals surface area contributed by atoms with Crippen LogP contribution >= 0.6 is 0 Å². The number of para-hydroxylation sites is 1. The fourth-order valence-corrected chi connectivity index (χ4v) is 2.57. The highest BCUT2D eigenvalue weighted by Crippen LogP contribution is 2.30. The summed E-state index contributed by atoms with van der Waals surface area (Å²) in [6, 6.07) is 4.95. The molecule has 1 fully saturated rings. The standard InChI is InChI=1S/C14H21FN2O/c1-10(16)12-6-3-7-13(15)14(12)17-8-4-5-11(9-17)18-2/h3,6-7,10-11H,4-5,8-9,16H2,1-2H3/t10-,11?/m1/s1. The first kappa shape index (κ1) is 13.3. The van der Waals surface area contributed by atoms with Crippen molar-refractivity contribution < 1.29 is 9.13 Å². The van der Waals surface area contributed by atoms with Crippen molar-refractivity contribution >= 4 is 5.69 Å². The summed E-state index contributed by atoms with van der Waals surface area (Å²) in [5.41, 5.74) is 7.45. The molecule has 3 nitrogen and oxygen atoms in total. The van der Waals surface area contributed by atoms with Crippen LogP contribution in [0.4, 0.5) is 10.1 Å². The monoisotopic (exact) mass is 252 g/mol. The molecule has 0 amide bonds. The average molecular weight is 252 g/mol. The van der Waals surface area contributed by atoms with Gasteiger partial charge in [-0.25, -0.2) is 4.39 Å². The normalized spacial score (nSPS) is 22.0. The van der Waals surface area contributed by atoms with Crippen molar-refractivity contribution in [3.05, 3.63) is 29.6 Å². The van der Waals surface area contributed by atoms with E-state index >= 15 is 0 Å². The van der Waals surface area contributed by atoms with Crippen molar-refractivity contribution in [2.45, 2.75) is 31.9 Å². The van der Waals surface area contributed by atoms with E-state index in [1.54, 1.807) is 13.2 Å². The third-order valence-corrected chi connectivity index (χ3v) is 3.54. The summed E-state index contributed by atoms with van der Waals surface area (Å²) in [4.78, 5) is 2.06. The predicted octanol–water partition coefficient (Wildman–Crippen LogP) is 2.46. The fourth-order valence-electron chi connectivity index (χ4n) is 2.57. The zero-order valence-corrected chi connectivity index (χ0v) is 11.0. The quantitative estimate of drug-likeness (QED) is 0.898. The van der Waals surface area contributed by atoms with Gasteiger partial charge in [0, 0.05) is 26.2 Å². The molecule has 0 aromatic heterocycles. The second-order valence-electron chi connectivity index (χ2n) is 4.91. The number of ether oxygens (including phenoxy) is 1. The summed E-state index contributed by atoms with van der Waals surface area (Å²) in [5.74, 6) is -0.193. The molecule has 2 rings (SSSR count). The molecule has 100 valence electrons. The lowest BCUT2D eigenvalue weighted by Gasteiger charge is -2.35. The Kier molecular flexibility index (Phi) is 4.19. The number of rotatable bonds is 3. The Morgan fingerprint density at radius 1 is 1.50 bits per heavy atom. The van der Waals surface area contributed by atoms with Gasteiger partial charge in [0.15, 0.2) is 0 Å². The van der Waals surface area contributed by atoms with E-state index < -0.39 is 0 Å². The summed E-state index contributed by atoms with van der Waals surface area (Å²) >= 11 is 0. The maximum Gasteiger partial charge on any atom is 0.146 e. The Labute approximate surface area is 108 Å². The van der Waals surface area contributed by atoms with Crippen LogP contribution < -0.4 is 10.6 Å². The Morgan fingerprint density at radius 2 is 2.28 bits per heavy atom. The van der Waals surface area contributed by atoms with Gasteiger partial charge >= 0.3 is 0 Å². The summed E-state index contributed by atoms with van der Waals surface area (Å²) in [6.07, 6.45) is 2.24. The number of nitrogens with zero attached hydrogens (tertiary/aromatic N) is 1. The highest BCUT2D eigenvalue weighted by molar-refractivity contribution is 5.56. The van der Waals surface area contributed by atoms with Gasteiger partial charge in [-0.1, -0.05) is 12.1 Å². The van der Waals surface area contributed by atoms with Crippen molar-refractivity contribution in [1.82, 2.24) is 0 Å². The second kappa shape index (κ2) is 5.67. The lowest BCUT2D eigenvalue weighted by Crippen LogP contribution is -2.40. The smallest absolute Gasteiger partial charge is 0.146 e. The van der Waals surface area contributed by atoms with Crippen LogP contribution in [0.1, 0.15) is 31.4 Å². The van der Waals surface area contributed by atoms with Gasteiger partial charge < -0.3 is 15.4 Å². The first-order valence-electron chi connectivity index (χ1n) is 6.45. The molecular formula is C14H21FN2O. The van der Waals surface area contributed by atoms with E-state index in [1.807, 2.05) is 13.0 Å². The topological polar surface area (TPSA) is 38.5 Å². The maximum atomic E-state index is 14.1. The molecule has 0 saturated carbocycles. The second-order valence-corrected chi connectivity index (χ2v) is 4.91. The fraction of sp³-hybridized carbons (Fsp3) is 0.571. The molecule has 1 aromatic rings. The highest BCUT2D eigenvalue weighted by Gasteiger charge is 2.24. The maximum absolute atomic E-state index is 14.1. The minimum atomic E-state index is -0.193. The molecule has 0 aliphatic carbocycles. The van der Waals surface area contributed by atoms with Gasteiger partial charge in [0.2, 0.25) is 0 Å². The van der Waals surface area contributed by atoms with E-state index in [1.165, 1.54) is 6.07 Å². The Hall–Kier alpha value is -1.13. The van der Waals surface area contributed by atoms with Crippen molar-refractivity contribution in [2.75, 3.05) is 25.1 Å². The summed E-state index contributed by atoms with van der Waals surface area (Å²) in [6.45, 7) is 3.48. The first-order chi connectivity index (χ1) is 8.63. The minimum Gasteiger partial charge on any atom is -0.380 e. The number of halogens is 1. The summed E-state index contributed by atoms with van der Waals surface area (Å²) in [7, 11) is 1.71. The van der Waals surface area contributed by atoms with Crippen LogP contribution in [0.2, 0.25) is 0 Å². The van der Waals surface area contributed by atoms with E-state index in [4.69, 9.17) is 10.5 Å². The van der Waals surface area contributed by atoms with Gasteiger partial charge in [0.1, 0.15) is 5.82 Å². The predicted molar refractivity (Wildman–Crippen MR) is 71.2 cm³/mol. The van der Waals surface area contributed by atoms with E-state index in [9.17, 15) is 4.39 Å². The van der Waals surface area contributed by atoms with Crippen LogP contribution in [0.5, 0.6) is 0 Å².